The zero-order chi connectivity index (χ0) is 10.4. The van der Waals surface area contributed by atoms with Crippen LogP contribution < -0.4 is 4.91 Å². The van der Waals surface area contributed by atoms with Crippen molar-refractivity contribution in [2.45, 2.75) is 38.9 Å². The average Bonchev–Trinajstić information content (AvgIpc) is 2.58. The quantitative estimate of drug-likeness (QED) is 0.647. The molecule has 1 aromatic rings. The highest BCUT2D eigenvalue weighted by molar-refractivity contribution is 7.16. The summed E-state index contributed by atoms with van der Waals surface area (Å²) in [6.45, 7) is 8.09. The van der Waals surface area contributed by atoms with Crippen LogP contribution in [0.4, 0.5) is 0 Å². The lowest BCUT2D eigenvalue weighted by molar-refractivity contribution is 0.00578. The molecule has 76 valence electrons. The second kappa shape index (κ2) is 3.02. The minimum Gasteiger partial charge on any atom is -0.398 e. The van der Waals surface area contributed by atoms with Gasteiger partial charge in [-0.15, -0.1) is 0 Å². The van der Waals surface area contributed by atoms with Gasteiger partial charge in [0, 0.05) is 0 Å². The van der Waals surface area contributed by atoms with Crippen LogP contribution in [-0.2, 0) is 9.31 Å². The number of aromatic nitrogens is 2. The summed E-state index contributed by atoms with van der Waals surface area (Å²) in [4.78, 5) is 4.87. The normalized spacial score (nSPS) is 24.1. The summed E-state index contributed by atoms with van der Waals surface area (Å²) in [5, 5.41) is 0. The molecule has 2 rings (SSSR count). The molecule has 1 fully saturated rings. The van der Waals surface area contributed by atoms with Crippen LogP contribution in [-0.4, -0.2) is 27.7 Å². The van der Waals surface area contributed by atoms with Crippen molar-refractivity contribution in [2.24, 2.45) is 0 Å². The summed E-state index contributed by atoms with van der Waals surface area (Å²) in [5.41, 5.74) is -0.604. The highest BCUT2D eigenvalue weighted by Crippen LogP contribution is 2.36. The molecule has 0 spiro atoms. The van der Waals surface area contributed by atoms with E-state index in [4.69, 9.17) is 9.31 Å². The van der Waals surface area contributed by atoms with E-state index in [-0.39, 0.29) is 18.3 Å². The minimum absolute atomic E-state index is 0.302. The van der Waals surface area contributed by atoms with Crippen LogP contribution in [0, 0.1) is 0 Å². The van der Waals surface area contributed by atoms with Gasteiger partial charge in [-0.2, -0.15) is 4.37 Å². The van der Waals surface area contributed by atoms with Gasteiger partial charge < -0.3 is 9.31 Å². The fourth-order valence-electron chi connectivity index (χ4n) is 1.23. The maximum Gasteiger partial charge on any atom is 0.527 e. The Morgan fingerprint density at radius 3 is 2.21 bits per heavy atom. The Kier molecular flexibility index (Phi) is 2.17. The molecule has 1 aromatic heterocycles. The first-order valence-electron chi connectivity index (χ1n) is 4.55. The first-order chi connectivity index (χ1) is 6.42. The standard InChI is InChI=1S/C8H13BN2O2S/c1-7(2)8(3,4)13-9(12-7)6-10-5-11-14-6/h5H,1-4H3. The van der Waals surface area contributed by atoms with Gasteiger partial charge in [-0.1, -0.05) is 0 Å². The van der Waals surface area contributed by atoms with Crippen molar-refractivity contribution in [3.8, 4) is 0 Å². The van der Waals surface area contributed by atoms with E-state index in [1.807, 2.05) is 27.7 Å². The first-order valence-corrected chi connectivity index (χ1v) is 5.32. The lowest BCUT2D eigenvalue weighted by atomic mass is 9.90. The Bertz CT molecular complexity index is 310. The Balaban J connectivity index is 2.22. The summed E-state index contributed by atoms with van der Waals surface area (Å²) in [7, 11) is -0.368. The third-order valence-electron chi connectivity index (χ3n) is 2.83. The van der Waals surface area contributed by atoms with Gasteiger partial charge in [-0.05, 0) is 39.2 Å². The Morgan fingerprint density at radius 1 is 1.21 bits per heavy atom. The molecule has 0 bridgehead atoms. The van der Waals surface area contributed by atoms with E-state index in [1.165, 1.54) is 17.9 Å². The van der Waals surface area contributed by atoms with Crippen molar-refractivity contribution in [3.63, 3.8) is 0 Å². The second-order valence-electron chi connectivity index (χ2n) is 4.37. The van der Waals surface area contributed by atoms with E-state index in [1.54, 1.807) is 0 Å². The lowest BCUT2D eigenvalue weighted by Crippen LogP contribution is -2.41. The Morgan fingerprint density at radius 2 is 1.79 bits per heavy atom. The maximum absolute atomic E-state index is 5.79. The number of hydrogen-bond acceptors (Lipinski definition) is 5. The molecule has 0 aromatic carbocycles. The van der Waals surface area contributed by atoms with Crippen LogP contribution >= 0.6 is 11.5 Å². The van der Waals surface area contributed by atoms with E-state index in [2.05, 4.69) is 9.36 Å². The van der Waals surface area contributed by atoms with Crippen molar-refractivity contribution in [1.82, 2.24) is 9.36 Å². The molecular weight excluding hydrogens is 199 g/mol. The zero-order valence-electron chi connectivity index (χ0n) is 8.77. The molecule has 0 amide bonds. The Hall–Kier alpha value is -0.455. The molecule has 6 heteroatoms. The van der Waals surface area contributed by atoms with E-state index in [0.29, 0.717) is 0 Å². The predicted molar refractivity (Wildman–Crippen MR) is 55.6 cm³/mol. The van der Waals surface area contributed by atoms with Crippen LogP contribution in [0.2, 0.25) is 0 Å². The molecule has 1 saturated heterocycles. The third-order valence-corrected chi connectivity index (χ3v) is 3.52. The first kappa shape index (κ1) is 10.1. The topological polar surface area (TPSA) is 44.2 Å². The zero-order valence-corrected chi connectivity index (χ0v) is 9.59. The molecule has 0 atom stereocenters. The predicted octanol–water partition coefficient (Wildman–Crippen LogP) is 0.837. The van der Waals surface area contributed by atoms with E-state index >= 15 is 0 Å². The van der Waals surface area contributed by atoms with Crippen molar-refractivity contribution in [1.29, 1.82) is 0 Å². The molecule has 0 unspecified atom stereocenters. The molecule has 1 aliphatic heterocycles. The molecule has 0 radical (unpaired) electrons. The number of hydrogen-bond donors (Lipinski definition) is 0. The van der Waals surface area contributed by atoms with Crippen LogP contribution in [0.3, 0.4) is 0 Å². The molecule has 0 aliphatic carbocycles. The summed E-state index contributed by atoms with van der Waals surface area (Å²) < 4.78 is 15.5. The van der Waals surface area contributed by atoms with Gasteiger partial charge >= 0.3 is 7.12 Å². The molecular formula is C8H13BN2O2S. The smallest absolute Gasteiger partial charge is 0.398 e. The maximum atomic E-state index is 5.79. The summed E-state index contributed by atoms with van der Waals surface area (Å²) in [6, 6.07) is 0. The van der Waals surface area contributed by atoms with Crippen LogP contribution in [0.25, 0.3) is 0 Å². The molecule has 1 aliphatic rings. The van der Waals surface area contributed by atoms with E-state index in [9.17, 15) is 0 Å². The molecule has 0 saturated carbocycles. The van der Waals surface area contributed by atoms with Crippen LogP contribution in [0.1, 0.15) is 27.7 Å². The number of rotatable bonds is 1. The monoisotopic (exact) mass is 212 g/mol. The molecule has 2 heterocycles. The van der Waals surface area contributed by atoms with Crippen molar-refractivity contribution >= 4 is 23.6 Å². The fourth-order valence-corrected chi connectivity index (χ4v) is 1.71. The average molecular weight is 212 g/mol. The minimum atomic E-state index is -0.368. The summed E-state index contributed by atoms with van der Waals surface area (Å²) >= 11 is 1.31. The summed E-state index contributed by atoms with van der Waals surface area (Å²) in [5.74, 6) is 0. The highest BCUT2D eigenvalue weighted by Gasteiger charge is 2.52. The van der Waals surface area contributed by atoms with Gasteiger partial charge in [-0.25, -0.2) is 4.98 Å². The highest BCUT2D eigenvalue weighted by atomic mass is 32.1. The number of nitrogens with zero attached hydrogens (tertiary/aromatic N) is 2. The molecule has 4 nitrogen and oxygen atoms in total. The lowest BCUT2D eigenvalue weighted by Gasteiger charge is -2.32. The summed E-state index contributed by atoms with van der Waals surface area (Å²) in [6.07, 6.45) is 1.52. The van der Waals surface area contributed by atoms with Gasteiger partial charge in [0.15, 0.2) is 0 Å². The van der Waals surface area contributed by atoms with Crippen molar-refractivity contribution in [2.75, 3.05) is 0 Å². The van der Waals surface area contributed by atoms with Crippen molar-refractivity contribution in [3.05, 3.63) is 6.33 Å². The van der Waals surface area contributed by atoms with Crippen LogP contribution in [0.15, 0.2) is 6.33 Å². The SMILES string of the molecule is CC1(C)OB(c2ncns2)OC1(C)C. The van der Waals surface area contributed by atoms with E-state index < -0.39 is 0 Å². The van der Waals surface area contributed by atoms with Gasteiger partial charge in [0.1, 0.15) is 11.2 Å². The van der Waals surface area contributed by atoms with Gasteiger partial charge in [0.05, 0.1) is 11.2 Å². The van der Waals surface area contributed by atoms with Crippen molar-refractivity contribution < 1.29 is 9.31 Å². The van der Waals surface area contributed by atoms with E-state index in [0.717, 1.165) is 4.91 Å². The largest absolute Gasteiger partial charge is 0.527 e. The Labute approximate surface area is 88.0 Å². The van der Waals surface area contributed by atoms with Gasteiger partial charge in [-0.3, -0.25) is 0 Å². The molecule has 0 N–H and O–H groups in total. The van der Waals surface area contributed by atoms with Gasteiger partial charge in [0.25, 0.3) is 0 Å². The second-order valence-corrected chi connectivity index (χ2v) is 5.18. The van der Waals surface area contributed by atoms with Gasteiger partial charge in [0.2, 0.25) is 0 Å². The van der Waals surface area contributed by atoms with Crippen LogP contribution in [0.5, 0.6) is 0 Å². The fraction of sp³-hybridized carbons (Fsp3) is 0.750. The molecule has 14 heavy (non-hydrogen) atoms. The third kappa shape index (κ3) is 1.47.